The second-order valence-corrected chi connectivity index (χ2v) is 5.21. The van der Waals surface area contributed by atoms with Crippen LogP contribution < -0.4 is 5.32 Å². The maximum atomic E-state index is 12.1. The molecular formula is C17H16N2O5. The Morgan fingerprint density at radius 2 is 1.88 bits per heavy atom. The minimum absolute atomic E-state index is 0.0133. The number of non-ortho nitro benzene ring substituents is 1. The lowest BCUT2D eigenvalue weighted by molar-refractivity contribution is -0.384. The average Bonchev–Trinajstić information content (AvgIpc) is 2.54. The highest BCUT2D eigenvalue weighted by atomic mass is 16.6. The molecule has 0 aromatic heterocycles. The van der Waals surface area contributed by atoms with E-state index in [1.807, 2.05) is 13.0 Å². The highest BCUT2D eigenvalue weighted by Gasteiger charge is 2.20. The van der Waals surface area contributed by atoms with Crippen LogP contribution in [-0.4, -0.2) is 22.9 Å². The second kappa shape index (κ2) is 7.36. The molecule has 0 fully saturated rings. The van der Waals surface area contributed by atoms with Gasteiger partial charge in [-0.15, -0.1) is 0 Å². The lowest BCUT2D eigenvalue weighted by atomic mass is 10.2. The molecule has 0 unspecified atom stereocenters. The van der Waals surface area contributed by atoms with Crippen molar-refractivity contribution in [1.82, 2.24) is 0 Å². The summed E-state index contributed by atoms with van der Waals surface area (Å²) in [5.74, 6) is -1.29. The number of nitrogens with zero attached hydrogens (tertiary/aromatic N) is 1. The Kier molecular flexibility index (Phi) is 5.26. The van der Waals surface area contributed by atoms with Crippen molar-refractivity contribution >= 4 is 23.3 Å². The van der Waals surface area contributed by atoms with Crippen molar-refractivity contribution in [3.8, 4) is 0 Å². The zero-order chi connectivity index (χ0) is 17.7. The van der Waals surface area contributed by atoms with Crippen LogP contribution in [-0.2, 0) is 9.53 Å². The number of hydrogen-bond donors (Lipinski definition) is 1. The van der Waals surface area contributed by atoms with Crippen molar-refractivity contribution in [2.24, 2.45) is 0 Å². The van der Waals surface area contributed by atoms with Gasteiger partial charge in [-0.3, -0.25) is 14.9 Å². The van der Waals surface area contributed by atoms with E-state index in [0.717, 1.165) is 11.6 Å². The number of rotatable bonds is 5. The topological polar surface area (TPSA) is 98.5 Å². The molecule has 0 saturated carbocycles. The Labute approximate surface area is 138 Å². The number of nitro benzene ring substituents is 1. The van der Waals surface area contributed by atoms with Crippen LogP contribution in [0.15, 0.2) is 48.5 Å². The SMILES string of the molecule is Cc1cccc(NC(=O)[C@H](C)OC(=O)c2cccc([N+](=O)[O-])c2)c1. The number of carbonyl (C=O) groups is 2. The van der Waals surface area contributed by atoms with E-state index in [1.54, 1.807) is 18.2 Å². The fraction of sp³-hybridized carbons (Fsp3) is 0.176. The Morgan fingerprint density at radius 1 is 1.17 bits per heavy atom. The van der Waals surface area contributed by atoms with Crippen LogP contribution in [0, 0.1) is 17.0 Å². The molecule has 24 heavy (non-hydrogen) atoms. The molecule has 1 atom stereocenters. The number of amides is 1. The van der Waals surface area contributed by atoms with Gasteiger partial charge in [-0.25, -0.2) is 4.79 Å². The fourth-order valence-electron chi connectivity index (χ4n) is 2.00. The van der Waals surface area contributed by atoms with Gasteiger partial charge in [0.15, 0.2) is 6.10 Å². The predicted molar refractivity (Wildman–Crippen MR) is 87.8 cm³/mol. The molecule has 124 valence electrons. The molecule has 0 spiro atoms. The van der Waals surface area contributed by atoms with Gasteiger partial charge in [0.25, 0.3) is 11.6 Å². The standard InChI is InChI=1S/C17H16N2O5/c1-11-5-3-7-14(9-11)18-16(20)12(2)24-17(21)13-6-4-8-15(10-13)19(22)23/h3-10,12H,1-2H3,(H,18,20)/t12-/m0/s1. The summed E-state index contributed by atoms with van der Waals surface area (Å²) in [5.41, 5.74) is 1.37. The van der Waals surface area contributed by atoms with Gasteiger partial charge in [0.05, 0.1) is 10.5 Å². The molecule has 0 radical (unpaired) electrons. The van der Waals surface area contributed by atoms with E-state index in [-0.39, 0.29) is 11.3 Å². The van der Waals surface area contributed by atoms with E-state index in [2.05, 4.69) is 5.32 Å². The molecule has 0 heterocycles. The Morgan fingerprint density at radius 3 is 2.54 bits per heavy atom. The maximum absolute atomic E-state index is 12.1. The summed E-state index contributed by atoms with van der Waals surface area (Å²) in [4.78, 5) is 34.2. The van der Waals surface area contributed by atoms with Crippen LogP contribution >= 0.6 is 0 Å². The summed E-state index contributed by atoms with van der Waals surface area (Å²) in [6.45, 7) is 3.32. The average molecular weight is 328 g/mol. The minimum atomic E-state index is -1.04. The van der Waals surface area contributed by atoms with Gasteiger partial charge in [-0.2, -0.15) is 0 Å². The van der Waals surface area contributed by atoms with Crippen molar-refractivity contribution in [2.75, 3.05) is 5.32 Å². The molecule has 0 bridgehead atoms. The first-order valence-electron chi connectivity index (χ1n) is 7.20. The van der Waals surface area contributed by atoms with Gasteiger partial charge in [-0.05, 0) is 37.6 Å². The first-order valence-corrected chi connectivity index (χ1v) is 7.20. The summed E-state index contributed by atoms with van der Waals surface area (Å²) in [5, 5.41) is 13.4. The van der Waals surface area contributed by atoms with Crippen LogP contribution in [0.3, 0.4) is 0 Å². The van der Waals surface area contributed by atoms with Crippen molar-refractivity contribution in [2.45, 2.75) is 20.0 Å². The normalized spacial score (nSPS) is 11.4. The summed E-state index contributed by atoms with van der Waals surface area (Å²) < 4.78 is 5.06. The Hall–Kier alpha value is -3.22. The minimum Gasteiger partial charge on any atom is -0.449 e. The van der Waals surface area contributed by atoms with Gasteiger partial charge >= 0.3 is 5.97 Å². The second-order valence-electron chi connectivity index (χ2n) is 5.21. The number of hydrogen-bond acceptors (Lipinski definition) is 5. The van der Waals surface area contributed by atoms with Gasteiger partial charge < -0.3 is 10.1 Å². The molecule has 2 aromatic rings. The third-order valence-corrected chi connectivity index (χ3v) is 3.23. The molecule has 2 rings (SSSR count). The molecule has 1 N–H and O–H groups in total. The van der Waals surface area contributed by atoms with Gasteiger partial charge in [0, 0.05) is 17.8 Å². The maximum Gasteiger partial charge on any atom is 0.339 e. The molecule has 0 aliphatic rings. The molecule has 0 aliphatic carbocycles. The van der Waals surface area contributed by atoms with Crippen LogP contribution in [0.1, 0.15) is 22.8 Å². The van der Waals surface area contributed by atoms with Crippen molar-refractivity contribution in [3.05, 3.63) is 69.8 Å². The monoisotopic (exact) mass is 328 g/mol. The number of esters is 1. The predicted octanol–water partition coefficient (Wildman–Crippen LogP) is 3.09. The molecule has 2 aromatic carbocycles. The number of nitro groups is 1. The van der Waals surface area contributed by atoms with Gasteiger partial charge in [0.1, 0.15) is 0 Å². The number of anilines is 1. The number of ether oxygens (including phenoxy) is 1. The van der Waals surface area contributed by atoms with Gasteiger partial charge in [-0.1, -0.05) is 18.2 Å². The first-order chi connectivity index (χ1) is 11.4. The summed E-state index contributed by atoms with van der Waals surface area (Å²) >= 11 is 0. The van der Waals surface area contributed by atoms with Crippen LogP contribution in [0.4, 0.5) is 11.4 Å². The van der Waals surface area contributed by atoms with Crippen molar-refractivity contribution in [1.29, 1.82) is 0 Å². The highest BCUT2D eigenvalue weighted by Crippen LogP contribution is 2.15. The molecule has 1 amide bonds. The van der Waals surface area contributed by atoms with Gasteiger partial charge in [0.2, 0.25) is 0 Å². The van der Waals surface area contributed by atoms with E-state index >= 15 is 0 Å². The van der Waals surface area contributed by atoms with E-state index in [0.29, 0.717) is 5.69 Å². The molecule has 0 aliphatic heterocycles. The smallest absolute Gasteiger partial charge is 0.339 e. The number of carbonyl (C=O) groups excluding carboxylic acids is 2. The molecule has 0 saturated heterocycles. The van der Waals surface area contributed by atoms with Crippen molar-refractivity contribution in [3.63, 3.8) is 0 Å². The van der Waals surface area contributed by atoms with Crippen LogP contribution in [0.25, 0.3) is 0 Å². The Bertz CT molecular complexity index is 788. The third-order valence-electron chi connectivity index (χ3n) is 3.23. The lowest BCUT2D eigenvalue weighted by Gasteiger charge is -2.13. The number of aryl methyl sites for hydroxylation is 1. The van der Waals surface area contributed by atoms with Crippen molar-refractivity contribution < 1.29 is 19.2 Å². The first kappa shape index (κ1) is 17.1. The molecule has 7 heteroatoms. The number of benzene rings is 2. The summed E-state index contributed by atoms with van der Waals surface area (Å²) in [7, 11) is 0. The van der Waals surface area contributed by atoms with E-state index < -0.39 is 22.9 Å². The summed E-state index contributed by atoms with van der Waals surface area (Å²) in [6, 6.07) is 12.3. The summed E-state index contributed by atoms with van der Waals surface area (Å²) in [6.07, 6.45) is -1.04. The quantitative estimate of drug-likeness (QED) is 0.516. The third kappa shape index (κ3) is 4.39. The zero-order valence-corrected chi connectivity index (χ0v) is 13.2. The zero-order valence-electron chi connectivity index (χ0n) is 13.2. The van der Waals surface area contributed by atoms with Crippen LogP contribution in [0.5, 0.6) is 0 Å². The van der Waals surface area contributed by atoms with E-state index in [1.165, 1.54) is 25.1 Å². The molecule has 7 nitrogen and oxygen atoms in total. The van der Waals surface area contributed by atoms with Crippen LogP contribution in [0.2, 0.25) is 0 Å². The highest BCUT2D eigenvalue weighted by molar-refractivity contribution is 5.97. The fourth-order valence-corrected chi connectivity index (χ4v) is 2.00. The number of nitrogens with one attached hydrogen (secondary N) is 1. The van der Waals surface area contributed by atoms with E-state index in [9.17, 15) is 19.7 Å². The Balaban J connectivity index is 2.01. The lowest BCUT2D eigenvalue weighted by Crippen LogP contribution is -2.30. The van der Waals surface area contributed by atoms with E-state index in [4.69, 9.17) is 4.74 Å². The molecular weight excluding hydrogens is 312 g/mol. The largest absolute Gasteiger partial charge is 0.449 e.